The summed E-state index contributed by atoms with van der Waals surface area (Å²) in [6.07, 6.45) is 0.458. The lowest BCUT2D eigenvalue weighted by atomic mass is 10.0. The van der Waals surface area contributed by atoms with Gasteiger partial charge in [-0.2, -0.15) is 0 Å². The fraction of sp³-hybridized carbons (Fsp3) is 0.500. The summed E-state index contributed by atoms with van der Waals surface area (Å²) in [7, 11) is -1.87. The number of nitrogens with one attached hydrogen (secondary N) is 2. The van der Waals surface area contributed by atoms with Crippen LogP contribution in [0.3, 0.4) is 0 Å². The monoisotopic (exact) mass is 459 g/mol. The Bertz CT molecular complexity index is 958. The van der Waals surface area contributed by atoms with E-state index < -0.39 is 8.32 Å². The van der Waals surface area contributed by atoms with Crippen molar-refractivity contribution in [2.75, 3.05) is 25.1 Å². The second-order valence-corrected chi connectivity index (χ2v) is 14.7. The van der Waals surface area contributed by atoms with Crippen LogP contribution in [-0.4, -0.2) is 45.0 Å². The molecule has 0 bridgehead atoms. The molecule has 2 heterocycles. The maximum Gasteiger partial charge on any atom is 0.270 e. The molecule has 0 saturated heterocycles. The SMILES string of the molecule is CC1COc2nc(C(=O)NCCO[Si](C)(C)C(C)(C)C)c(Cc3ccc(F)cc3)cc2N1. The molecule has 0 radical (unpaired) electrons. The van der Waals surface area contributed by atoms with Crippen molar-refractivity contribution in [3.63, 3.8) is 0 Å². The molecule has 1 aliphatic heterocycles. The molecule has 32 heavy (non-hydrogen) atoms. The van der Waals surface area contributed by atoms with Crippen LogP contribution in [-0.2, 0) is 10.8 Å². The molecule has 0 fully saturated rings. The number of nitrogens with zero attached hydrogens (tertiary/aromatic N) is 1. The Labute approximate surface area is 191 Å². The molecule has 1 aromatic carbocycles. The Balaban J connectivity index is 1.76. The van der Waals surface area contributed by atoms with E-state index in [0.29, 0.717) is 37.8 Å². The number of pyridine rings is 1. The summed E-state index contributed by atoms with van der Waals surface area (Å²) in [4.78, 5) is 17.6. The van der Waals surface area contributed by atoms with Crippen LogP contribution in [0.15, 0.2) is 30.3 Å². The minimum atomic E-state index is -1.87. The van der Waals surface area contributed by atoms with Gasteiger partial charge in [0, 0.05) is 6.54 Å². The van der Waals surface area contributed by atoms with Crippen LogP contribution in [0.25, 0.3) is 0 Å². The van der Waals surface area contributed by atoms with Gasteiger partial charge in [-0.15, -0.1) is 0 Å². The number of hydrogen-bond acceptors (Lipinski definition) is 5. The van der Waals surface area contributed by atoms with E-state index in [9.17, 15) is 9.18 Å². The van der Waals surface area contributed by atoms with Gasteiger partial charge in [0.15, 0.2) is 8.32 Å². The molecule has 1 unspecified atom stereocenters. The van der Waals surface area contributed by atoms with Gasteiger partial charge in [0.2, 0.25) is 5.88 Å². The van der Waals surface area contributed by atoms with Gasteiger partial charge in [0.1, 0.15) is 18.1 Å². The molecular weight excluding hydrogens is 425 g/mol. The van der Waals surface area contributed by atoms with Crippen molar-refractivity contribution in [2.45, 2.75) is 58.3 Å². The lowest BCUT2D eigenvalue weighted by Crippen LogP contribution is -2.42. The zero-order valence-corrected chi connectivity index (χ0v) is 20.8. The van der Waals surface area contributed by atoms with Crippen molar-refractivity contribution in [3.8, 4) is 5.88 Å². The largest absolute Gasteiger partial charge is 0.474 e. The lowest BCUT2D eigenvalue weighted by Gasteiger charge is -2.36. The first-order chi connectivity index (χ1) is 15.0. The normalized spacial score (nSPS) is 16.0. The first-order valence-corrected chi connectivity index (χ1v) is 14.0. The highest BCUT2D eigenvalue weighted by atomic mass is 28.4. The Kier molecular flexibility index (Phi) is 7.24. The number of fused-ring (bicyclic) bond motifs is 1. The maximum absolute atomic E-state index is 13.3. The second kappa shape index (κ2) is 9.58. The molecule has 6 nitrogen and oxygen atoms in total. The molecule has 8 heteroatoms. The lowest BCUT2D eigenvalue weighted by molar-refractivity contribution is 0.0938. The van der Waals surface area contributed by atoms with E-state index in [4.69, 9.17) is 9.16 Å². The summed E-state index contributed by atoms with van der Waals surface area (Å²) in [5.41, 5.74) is 2.73. The van der Waals surface area contributed by atoms with Crippen LogP contribution in [0.4, 0.5) is 10.1 Å². The molecule has 0 saturated carbocycles. The molecular formula is C24H34FN3O3Si. The predicted octanol–water partition coefficient (Wildman–Crippen LogP) is 4.76. The van der Waals surface area contributed by atoms with Crippen LogP contribution in [0.1, 0.15) is 49.3 Å². The molecule has 3 rings (SSSR count). The average Bonchev–Trinajstić information content (AvgIpc) is 2.71. The molecule has 1 aromatic heterocycles. The van der Waals surface area contributed by atoms with Gasteiger partial charge in [-0.3, -0.25) is 4.79 Å². The molecule has 2 N–H and O–H groups in total. The van der Waals surface area contributed by atoms with Gasteiger partial charge in [-0.25, -0.2) is 9.37 Å². The summed E-state index contributed by atoms with van der Waals surface area (Å²) in [6.45, 7) is 14.3. The maximum atomic E-state index is 13.3. The van der Waals surface area contributed by atoms with Crippen LogP contribution < -0.4 is 15.4 Å². The van der Waals surface area contributed by atoms with Gasteiger partial charge in [0.05, 0.1) is 18.3 Å². The van der Waals surface area contributed by atoms with E-state index in [2.05, 4.69) is 49.5 Å². The summed E-state index contributed by atoms with van der Waals surface area (Å²) >= 11 is 0. The van der Waals surface area contributed by atoms with E-state index in [1.165, 1.54) is 12.1 Å². The van der Waals surface area contributed by atoms with Gasteiger partial charge in [-0.1, -0.05) is 32.9 Å². The second-order valence-electron chi connectivity index (χ2n) is 9.87. The Hall–Kier alpha value is -2.45. The van der Waals surface area contributed by atoms with Crippen molar-refractivity contribution in [1.82, 2.24) is 10.3 Å². The van der Waals surface area contributed by atoms with Gasteiger partial charge in [-0.05, 0) is 60.8 Å². The van der Waals surface area contributed by atoms with E-state index >= 15 is 0 Å². The highest BCUT2D eigenvalue weighted by Crippen LogP contribution is 2.36. The summed E-state index contributed by atoms with van der Waals surface area (Å²) in [5.74, 6) is -0.138. The quantitative estimate of drug-likeness (QED) is 0.462. The topological polar surface area (TPSA) is 72.5 Å². The third-order valence-corrected chi connectivity index (χ3v) is 10.7. The number of benzene rings is 1. The van der Waals surface area contributed by atoms with Gasteiger partial charge < -0.3 is 19.8 Å². The Morgan fingerprint density at radius 2 is 2.00 bits per heavy atom. The molecule has 1 atom stereocenters. The number of anilines is 1. The Morgan fingerprint density at radius 3 is 2.66 bits per heavy atom. The zero-order valence-electron chi connectivity index (χ0n) is 19.8. The number of halogens is 1. The van der Waals surface area contributed by atoms with Crippen LogP contribution in [0.5, 0.6) is 5.88 Å². The molecule has 0 aliphatic carbocycles. The minimum absolute atomic E-state index is 0.112. The third-order valence-electron chi connectivity index (χ3n) is 6.12. The third kappa shape index (κ3) is 5.86. The first-order valence-electron chi connectivity index (χ1n) is 11.1. The van der Waals surface area contributed by atoms with Gasteiger partial charge in [0.25, 0.3) is 5.91 Å². The van der Waals surface area contributed by atoms with E-state index in [1.807, 2.05) is 13.0 Å². The predicted molar refractivity (Wildman–Crippen MR) is 128 cm³/mol. The summed E-state index contributed by atoms with van der Waals surface area (Å²) in [6, 6.07) is 8.33. The number of carbonyl (C=O) groups excluding carboxylic acids is 1. The van der Waals surface area contributed by atoms with Crippen molar-refractivity contribution >= 4 is 19.9 Å². The van der Waals surface area contributed by atoms with E-state index in [1.54, 1.807) is 12.1 Å². The van der Waals surface area contributed by atoms with E-state index in [-0.39, 0.29) is 22.8 Å². The number of hydrogen-bond donors (Lipinski definition) is 2. The fourth-order valence-corrected chi connectivity index (χ4v) is 4.23. The highest BCUT2D eigenvalue weighted by molar-refractivity contribution is 6.74. The van der Waals surface area contributed by atoms with Crippen molar-refractivity contribution in [3.05, 3.63) is 53.0 Å². The van der Waals surface area contributed by atoms with Crippen LogP contribution in [0.2, 0.25) is 18.1 Å². The molecule has 2 aromatic rings. The molecule has 1 aliphatic rings. The number of carbonyl (C=O) groups is 1. The van der Waals surface area contributed by atoms with Gasteiger partial charge >= 0.3 is 0 Å². The first kappa shape index (κ1) is 24.2. The molecule has 174 valence electrons. The zero-order chi connectivity index (χ0) is 23.5. The summed E-state index contributed by atoms with van der Waals surface area (Å²) in [5, 5.41) is 6.40. The highest BCUT2D eigenvalue weighted by Gasteiger charge is 2.36. The van der Waals surface area contributed by atoms with E-state index in [0.717, 1.165) is 16.8 Å². The molecule has 1 amide bonds. The van der Waals surface area contributed by atoms with Crippen LogP contribution in [0, 0.1) is 5.82 Å². The smallest absolute Gasteiger partial charge is 0.270 e. The van der Waals surface area contributed by atoms with Crippen LogP contribution >= 0.6 is 0 Å². The van der Waals surface area contributed by atoms with Crippen molar-refractivity contribution < 1.29 is 18.3 Å². The Morgan fingerprint density at radius 1 is 1.31 bits per heavy atom. The van der Waals surface area contributed by atoms with Crippen molar-refractivity contribution in [2.24, 2.45) is 0 Å². The number of amides is 1. The number of aromatic nitrogens is 1. The fourth-order valence-electron chi connectivity index (χ4n) is 3.19. The average molecular weight is 460 g/mol. The standard InChI is InChI=1S/C24H34FN3O3Si/c1-16-15-30-23-20(27-16)14-18(13-17-7-9-19(25)10-8-17)21(28-23)22(29)26-11-12-31-32(5,6)24(2,3)4/h7-10,14,16,27H,11-13,15H2,1-6H3,(H,26,29). The summed E-state index contributed by atoms with van der Waals surface area (Å²) < 4.78 is 25.2. The van der Waals surface area contributed by atoms with Crippen molar-refractivity contribution in [1.29, 1.82) is 0 Å². The number of ether oxygens (including phenoxy) is 1. The molecule has 0 spiro atoms. The minimum Gasteiger partial charge on any atom is -0.474 e. The number of rotatable bonds is 7.